The number of anilines is 1. The summed E-state index contributed by atoms with van der Waals surface area (Å²) in [6, 6.07) is 5.63. The van der Waals surface area contributed by atoms with Crippen molar-refractivity contribution in [2.45, 2.75) is 19.9 Å². The molecule has 0 radical (unpaired) electrons. The molecule has 0 aliphatic carbocycles. The minimum Gasteiger partial charge on any atom is -0.311 e. The van der Waals surface area contributed by atoms with Gasteiger partial charge in [-0.2, -0.15) is 0 Å². The van der Waals surface area contributed by atoms with Gasteiger partial charge in [-0.15, -0.1) is 11.3 Å². The predicted molar refractivity (Wildman–Crippen MR) is 84.4 cm³/mol. The van der Waals surface area contributed by atoms with Crippen LogP contribution in [-0.4, -0.2) is 17.4 Å². The van der Waals surface area contributed by atoms with Crippen molar-refractivity contribution < 1.29 is 4.79 Å². The molecule has 1 aromatic heterocycles. The molecule has 2 N–H and O–H groups in total. The second kappa shape index (κ2) is 5.63. The second-order valence-electron chi connectivity index (χ2n) is 4.73. The number of rotatable bonds is 2. The van der Waals surface area contributed by atoms with Crippen LogP contribution in [0.3, 0.4) is 0 Å². The van der Waals surface area contributed by atoms with Crippen LogP contribution >= 0.6 is 27.3 Å². The molecule has 0 bridgehead atoms. The van der Waals surface area contributed by atoms with E-state index in [1.165, 1.54) is 4.88 Å². The molecule has 6 heteroatoms. The van der Waals surface area contributed by atoms with E-state index < -0.39 is 0 Å². The molecular weight excluding hydrogens is 338 g/mol. The molecule has 0 unspecified atom stereocenters. The summed E-state index contributed by atoms with van der Waals surface area (Å²) in [5.74, 6) is -0.103. The molecule has 2 aromatic rings. The van der Waals surface area contributed by atoms with Gasteiger partial charge in [-0.25, -0.2) is 4.98 Å². The zero-order valence-corrected chi connectivity index (χ0v) is 13.4. The number of fused-ring (bicyclic) bond motifs is 1. The van der Waals surface area contributed by atoms with Crippen LogP contribution in [0.25, 0.3) is 0 Å². The zero-order chi connectivity index (χ0) is 14.1. The quantitative estimate of drug-likeness (QED) is 0.873. The van der Waals surface area contributed by atoms with Crippen molar-refractivity contribution >= 4 is 38.3 Å². The van der Waals surface area contributed by atoms with Crippen LogP contribution in [0.5, 0.6) is 0 Å². The fourth-order valence-corrected chi connectivity index (χ4v) is 3.67. The van der Waals surface area contributed by atoms with Crippen molar-refractivity contribution in [2.75, 3.05) is 11.9 Å². The summed E-state index contributed by atoms with van der Waals surface area (Å²) in [6.45, 7) is 3.73. The molecule has 0 saturated heterocycles. The van der Waals surface area contributed by atoms with Crippen molar-refractivity contribution in [1.82, 2.24) is 10.3 Å². The van der Waals surface area contributed by atoms with E-state index in [0.717, 1.165) is 35.2 Å². The summed E-state index contributed by atoms with van der Waals surface area (Å²) < 4.78 is 0.974. The van der Waals surface area contributed by atoms with Gasteiger partial charge in [0.15, 0.2) is 5.13 Å². The highest BCUT2D eigenvalue weighted by Gasteiger charge is 2.17. The Labute approximate surface area is 129 Å². The highest BCUT2D eigenvalue weighted by atomic mass is 79.9. The van der Waals surface area contributed by atoms with Crippen LogP contribution < -0.4 is 10.6 Å². The summed E-state index contributed by atoms with van der Waals surface area (Å²) in [7, 11) is 0. The van der Waals surface area contributed by atoms with Crippen molar-refractivity contribution in [1.29, 1.82) is 0 Å². The molecule has 20 heavy (non-hydrogen) atoms. The van der Waals surface area contributed by atoms with Crippen LogP contribution in [-0.2, 0) is 13.0 Å². The lowest BCUT2D eigenvalue weighted by atomic mass is 10.1. The Morgan fingerprint density at radius 2 is 2.35 bits per heavy atom. The number of thiazole rings is 1. The molecule has 0 atom stereocenters. The Balaban J connectivity index is 1.80. The standard InChI is InChI=1S/C14H14BrN3OS/c1-8-6-9(15)2-3-10(8)13(19)18-14-17-11-4-5-16-7-12(11)20-14/h2-3,6,16H,4-5,7H2,1H3,(H,17,18,19). The van der Waals surface area contributed by atoms with Crippen molar-refractivity contribution in [3.63, 3.8) is 0 Å². The number of benzene rings is 1. The summed E-state index contributed by atoms with van der Waals surface area (Å²) >= 11 is 4.95. The molecule has 2 heterocycles. The van der Waals surface area contributed by atoms with Gasteiger partial charge in [0.05, 0.1) is 5.69 Å². The summed E-state index contributed by atoms with van der Waals surface area (Å²) in [5.41, 5.74) is 2.73. The number of carbonyl (C=O) groups excluding carboxylic acids is 1. The summed E-state index contributed by atoms with van der Waals surface area (Å²) in [4.78, 5) is 18.0. The Kier molecular flexibility index (Phi) is 3.87. The Morgan fingerprint density at radius 3 is 3.10 bits per heavy atom. The van der Waals surface area contributed by atoms with Crippen LogP contribution in [0.1, 0.15) is 26.5 Å². The first-order valence-corrected chi connectivity index (χ1v) is 8.01. The lowest BCUT2D eigenvalue weighted by molar-refractivity contribution is 0.102. The number of nitrogens with zero attached hydrogens (tertiary/aromatic N) is 1. The first-order chi connectivity index (χ1) is 9.63. The number of aryl methyl sites for hydroxylation is 1. The van der Waals surface area contributed by atoms with Crippen molar-refractivity contribution in [3.05, 3.63) is 44.4 Å². The van der Waals surface area contributed by atoms with Gasteiger partial charge in [0.1, 0.15) is 0 Å². The van der Waals surface area contributed by atoms with E-state index >= 15 is 0 Å². The minimum atomic E-state index is -0.103. The third kappa shape index (κ3) is 2.77. The fourth-order valence-electron chi connectivity index (χ4n) is 2.23. The number of hydrogen-bond donors (Lipinski definition) is 2. The molecule has 1 aliphatic rings. The molecule has 0 saturated carbocycles. The van der Waals surface area contributed by atoms with Gasteiger partial charge < -0.3 is 5.32 Å². The summed E-state index contributed by atoms with van der Waals surface area (Å²) in [5, 5.41) is 6.89. The van der Waals surface area contributed by atoms with E-state index in [2.05, 4.69) is 31.5 Å². The lowest BCUT2D eigenvalue weighted by Crippen LogP contribution is -2.22. The van der Waals surface area contributed by atoms with E-state index in [4.69, 9.17) is 0 Å². The molecule has 4 nitrogen and oxygen atoms in total. The van der Waals surface area contributed by atoms with Gasteiger partial charge in [-0.3, -0.25) is 10.1 Å². The van der Waals surface area contributed by atoms with Gasteiger partial charge in [0.2, 0.25) is 0 Å². The van der Waals surface area contributed by atoms with Crippen LogP contribution in [0.2, 0.25) is 0 Å². The third-order valence-corrected chi connectivity index (χ3v) is 4.76. The van der Waals surface area contributed by atoms with Crippen LogP contribution in [0.4, 0.5) is 5.13 Å². The van der Waals surface area contributed by atoms with E-state index in [0.29, 0.717) is 10.7 Å². The normalized spacial score (nSPS) is 13.9. The smallest absolute Gasteiger partial charge is 0.257 e. The highest BCUT2D eigenvalue weighted by Crippen LogP contribution is 2.26. The lowest BCUT2D eigenvalue weighted by Gasteiger charge is -2.09. The fraction of sp³-hybridized carbons (Fsp3) is 0.286. The maximum atomic E-state index is 12.3. The topological polar surface area (TPSA) is 54.0 Å². The van der Waals surface area contributed by atoms with Crippen molar-refractivity contribution in [2.24, 2.45) is 0 Å². The molecule has 104 valence electrons. The first kappa shape index (κ1) is 13.7. The number of nitrogens with one attached hydrogen (secondary N) is 2. The van der Waals surface area contributed by atoms with Gasteiger partial charge in [0, 0.05) is 34.4 Å². The van der Waals surface area contributed by atoms with E-state index in [1.54, 1.807) is 11.3 Å². The predicted octanol–water partition coefficient (Wildman–Crippen LogP) is 3.11. The Bertz CT molecular complexity index is 645. The molecule has 1 aliphatic heterocycles. The second-order valence-corrected chi connectivity index (χ2v) is 6.73. The zero-order valence-electron chi connectivity index (χ0n) is 11.0. The number of amides is 1. The third-order valence-electron chi connectivity index (χ3n) is 3.26. The van der Waals surface area contributed by atoms with E-state index in [1.807, 2.05) is 25.1 Å². The molecule has 3 rings (SSSR count). The van der Waals surface area contributed by atoms with Gasteiger partial charge >= 0.3 is 0 Å². The monoisotopic (exact) mass is 351 g/mol. The number of halogens is 1. The Morgan fingerprint density at radius 1 is 1.50 bits per heavy atom. The number of aromatic nitrogens is 1. The maximum absolute atomic E-state index is 12.3. The van der Waals surface area contributed by atoms with Gasteiger partial charge in [-0.05, 0) is 30.7 Å². The van der Waals surface area contributed by atoms with Crippen LogP contribution in [0.15, 0.2) is 22.7 Å². The highest BCUT2D eigenvalue weighted by molar-refractivity contribution is 9.10. The maximum Gasteiger partial charge on any atom is 0.257 e. The molecule has 0 spiro atoms. The molecular formula is C14H14BrN3OS. The van der Waals surface area contributed by atoms with E-state index in [9.17, 15) is 4.79 Å². The Hall–Kier alpha value is -1.24. The summed E-state index contributed by atoms with van der Waals surface area (Å²) in [6.07, 6.45) is 0.930. The van der Waals surface area contributed by atoms with Crippen LogP contribution in [0, 0.1) is 6.92 Å². The average molecular weight is 352 g/mol. The molecule has 1 amide bonds. The van der Waals surface area contributed by atoms with Crippen molar-refractivity contribution in [3.8, 4) is 0 Å². The minimum absolute atomic E-state index is 0.103. The number of carbonyl (C=O) groups is 1. The van der Waals surface area contributed by atoms with Gasteiger partial charge in [0.25, 0.3) is 5.91 Å². The SMILES string of the molecule is Cc1cc(Br)ccc1C(=O)Nc1nc2c(s1)CNCC2. The molecule has 1 aromatic carbocycles. The largest absolute Gasteiger partial charge is 0.311 e. The number of hydrogen-bond acceptors (Lipinski definition) is 4. The van der Waals surface area contributed by atoms with Gasteiger partial charge in [-0.1, -0.05) is 15.9 Å². The molecule has 0 fully saturated rings. The first-order valence-electron chi connectivity index (χ1n) is 6.40. The van der Waals surface area contributed by atoms with E-state index in [-0.39, 0.29) is 5.91 Å². The average Bonchev–Trinajstić information content (AvgIpc) is 2.80.